The number of hydrogen-bond donors (Lipinski definition) is 1. The van der Waals surface area contributed by atoms with E-state index in [0.29, 0.717) is 31.2 Å². The van der Waals surface area contributed by atoms with E-state index in [1.165, 1.54) is 24.5 Å². The van der Waals surface area contributed by atoms with Crippen molar-refractivity contribution in [2.75, 3.05) is 44.3 Å². The molecular weight excluding hydrogens is 375 g/mol. The molecule has 1 fully saturated rings. The lowest BCUT2D eigenvalue weighted by molar-refractivity contribution is 0.0525. The third kappa shape index (κ3) is 5.58. The lowest BCUT2D eigenvalue weighted by Gasteiger charge is -2.37. The van der Waals surface area contributed by atoms with Crippen LogP contribution in [-0.2, 0) is 4.74 Å². The first-order valence-corrected chi connectivity index (χ1v) is 9.63. The van der Waals surface area contributed by atoms with Crippen LogP contribution in [0.1, 0.15) is 22.8 Å². The van der Waals surface area contributed by atoms with Crippen LogP contribution >= 0.6 is 0 Å². The van der Waals surface area contributed by atoms with Gasteiger partial charge in [0.15, 0.2) is 0 Å². The highest BCUT2D eigenvalue weighted by molar-refractivity contribution is 5.88. The minimum atomic E-state index is -0.428. The molecular formula is C21H25FN4O3. The number of ether oxygens (including phenoxy) is 1. The minimum Gasteiger partial charge on any atom is -0.462 e. The van der Waals surface area contributed by atoms with Crippen LogP contribution in [0.2, 0.25) is 0 Å². The fraction of sp³-hybridized carbons (Fsp3) is 0.381. The van der Waals surface area contributed by atoms with Crippen molar-refractivity contribution in [2.24, 2.45) is 0 Å². The smallest absolute Gasteiger partial charge is 0.341 e. The molecule has 1 unspecified atom stereocenters. The predicted molar refractivity (Wildman–Crippen MR) is 108 cm³/mol. The van der Waals surface area contributed by atoms with Crippen molar-refractivity contribution >= 4 is 18.0 Å². The number of rotatable bonds is 7. The Morgan fingerprint density at radius 1 is 1.21 bits per heavy atom. The molecule has 0 radical (unpaired) electrons. The zero-order valence-electron chi connectivity index (χ0n) is 16.4. The van der Waals surface area contributed by atoms with Gasteiger partial charge in [0.2, 0.25) is 5.95 Å². The first-order chi connectivity index (χ1) is 14.1. The van der Waals surface area contributed by atoms with Crippen LogP contribution < -0.4 is 4.90 Å². The maximum Gasteiger partial charge on any atom is 0.341 e. The second-order valence-corrected chi connectivity index (χ2v) is 6.68. The molecule has 1 saturated heterocycles. The lowest BCUT2D eigenvalue weighted by atomic mass is 10.1. The first kappa shape index (κ1) is 20.9. The van der Waals surface area contributed by atoms with E-state index in [1.807, 2.05) is 17.1 Å². The molecule has 0 bridgehead atoms. The average molecular weight is 400 g/mol. The molecule has 2 aromatic rings. The number of benzene rings is 1. The Labute approximate surface area is 169 Å². The predicted octanol–water partition coefficient (Wildman–Crippen LogP) is 1.99. The molecule has 0 aliphatic carbocycles. The van der Waals surface area contributed by atoms with E-state index in [4.69, 9.17) is 4.74 Å². The van der Waals surface area contributed by atoms with Crippen LogP contribution in [0.25, 0.3) is 6.08 Å². The quantitative estimate of drug-likeness (QED) is 0.712. The van der Waals surface area contributed by atoms with Crippen LogP contribution in [0.15, 0.2) is 42.7 Å². The summed E-state index contributed by atoms with van der Waals surface area (Å²) in [6.45, 7) is 4.96. The van der Waals surface area contributed by atoms with Crippen molar-refractivity contribution in [1.29, 1.82) is 0 Å². The van der Waals surface area contributed by atoms with Gasteiger partial charge in [0.05, 0.1) is 24.8 Å². The maximum atomic E-state index is 13.0. The van der Waals surface area contributed by atoms with Gasteiger partial charge in [-0.25, -0.2) is 19.2 Å². The Morgan fingerprint density at radius 3 is 2.45 bits per heavy atom. The molecule has 0 amide bonds. The number of carbonyl (C=O) groups is 1. The van der Waals surface area contributed by atoms with Crippen LogP contribution in [0, 0.1) is 5.82 Å². The van der Waals surface area contributed by atoms with Gasteiger partial charge >= 0.3 is 5.97 Å². The number of nitrogens with zero attached hydrogens (tertiary/aromatic N) is 4. The second kappa shape index (κ2) is 10.1. The van der Waals surface area contributed by atoms with Gasteiger partial charge in [-0.3, -0.25) is 4.90 Å². The summed E-state index contributed by atoms with van der Waals surface area (Å²) in [5, 5.41) is 9.77. The summed E-state index contributed by atoms with van der Waals surface area (Å²) in [7, 11) is 0. The van der Waals surface area contributed by atoms with Gasteiger partial charge in [0.1, 0.15) is 5.82 Å². The molecule has 29 heavy (non-hydrogen) atoms. The van der Waals surface area contributed by atoms with Crippen LogP contribution in [-0.4, -0.2) is 71.4 Å². The lowest BCUT2D eigenvalue weighted by Crippen LogP contribution is -2.51. The topological polar surface area (TPSA) is 78.8 Å². The van der Waals surface area contributed by atoms with E-state index >= 15 is 0 Å². The number of halogens is 1. The highest BCUT2D eigenvalue weighted by Crippen LogP contribution is 2.15. The van der Waals surface area contributed by atoms with E-state index < -0.39 is 5.97 Å². The number of hydrogen-bond acceptors (Lipinski definition) is 7. The number of esters is 1. The molecule has 1 aromatic carbocycles. The summed E-state index contributed by atoms with van der Waals surface area (Å²) < 4.78 is 17.9. The second-order valence-electron chi connectivity index (χ2n) is 6.68. The van der Waals surface area contributed by atoms with Crippen molar-refractivity contribution in [3.8, 4) is 0 Å². The molecule has 0 spiro atoms. The number of carbonyl (C=O) groups excluding carboxylic acids is 1. The third-order valence-corrected chi connectivity index (χ3v) is 4.78. The third-order valence-electron chi connectivity index (χ3n) is 4.78. The largest absolute Gasteiger partial charge is 0.462 e. The van der Waals surface area contributed by atoms with E-state index in [0.717, 1.165) is 18.7 Å². The van der Waals surface area contributed by atoms with Crippen LogP contribution in [0.3, 0.4) is 0 Å². The van der Waals surface area contributed by atoms with Gasteiger partial charge in [0, 0.05) is 38.6 Å². The van der Waals surface area contributed by atoms with Gasteiger partial charge in [-0.05, 0) is 24.6 Å². The van der Waals surface area contributed by atoms with Crippen molar-refractivity contribution in [2.45, 2.75) is 13.0 Å². The molecule has 1 aliphatic heterocycles. The summed E-state index contributed by atoms with van der Waals surface area (Å²) in [5.74, 6) is -0.128. The standard InChI is InChI=1S/C21H25FN4O3/c1-2-29-20(28)17-13-23-21(24-14-17)26-11-9-25(10-12-26)19(15-27)8-5-16-3-6-18(22)7-4-16/h3-8,13-14,19,27H,2,9-12,15H2,1H3/b8-5+. The fourth-order valence-electron chi connectivity index (χ4n) is 3.15. The number of anilines is 1. The average Bonchev–Trinajstić information content (AvgIpc) is 2.76. The fourth-order valence-corrected chi connectivity index (χ4v) is 3.15. The van der Waals surface area contributed by atoms with E-state index in [1.54, 1.807) is 19.1 Å². The van der Waals surface area contributed by atoms with Crippen LogP contribution in [0.4, 0.5) is 10.3 Å². The van der Waals surface area contributed by atoms with E-state index in [-0.39, 0.29) is 18.5 Å². The van der Waals surface area contributed by atoms with Crippen LogP contribution in [0.5, 0.6) is 0 Å². The molecule has 3 rings (SSSR count). The van der Waals surface area contributed by atoms with Crippen molar-refractivity contribution in [3.63, 3.8) is 0 Å². The van der Waals surface area contributed by atoms with E-state index in [2.05, 4.69) is 14.9 Å². The van der Waals surface area contributed by atoms with Crippen molar-refractivity contribution in [1.82, 2.24) is 14.9 Å². The Bertz CT molecular complexity index is 819. The van der Waals surface area contributed by atoms with Gasteiger partial charge in [-0.2, -0.15) is 0 Å². The molecule has 154 valence electrons. The Hall–Kier alpha value is -2.84. The highest BCUT2D eigenvalue weighted by Gasteiger charge is 2.23. The molecule has 7 nitrogen and oxygen atoms in total. The number of aliphatic hydroxyl groups excluding tert-OH is 1. The van der Waals surface area contributed by atoms with Crippen molar-refractivity contribution < 1.29 is 19.0 Å². The number of aromatic nitrogens is 2. The van der Waals surface area contributed by atoms with Gasteiger partial charge in [-0.1, -0.05) is 24.3 Å². The van der Waals surface area contributed by atoms with Crippen molar-refractivity contribution in [3.05, 3.63) is 59.7 Å². The number of piperazine rings is 1. The molecule has 2 heterocycles. The highest BCUT2D eigenvalue weighted by atomic mass is 19.1. The normalized spacial score (nSPS) is 16.2. The Balaban J connectivity index is 1.56. The Kier molecular flexibility index (Phi) is 7.26. The van der Waals surface area contributed by atoms with E-state index in [9.17, 15) is 14.3 Å². The summed E-state index contributed by atoms with van der Waals surface area (Å²) >= 11 is 0. The van der Waals surface area contributed by atoms with Gasteiger partial charge in [0.25, 0.3) is 0 Å². The van der Waals surface area contributed by atoms with Gasteiger partial charge < -0.3 is 14.7 Å². The molecule has 1 aromatic heterocycles. The summed E-state index contributed by atoms with van der Waals surface area (Å²) in [4.78, 5) is 24.5. The SMILES string of the molecule is CCOC(=O)c1cnc(N2CCN(C(/C=C/c3ccc(F)cc3)CO)CC2)nc1. The maximum absolute atomic E-state index is 13.0. The first-order valence-electron chi connectivity index (χ1n) is 9.63. The Morgan fingerprint density at radius 2 is 1.86 bits per heavy atom. The molecule has 0 saturated carbocycles. The summed E-state index contributed by atoms with van der Waals surface area (Å²) in [6.07, 6.45) is 6.79. The summed E-state index contributed by atoms with van der Waals surface area (Å²) in [5.41, 5.74) is 1.22. The summed E-state index contributed by atoms with van der Waals surface area (Å²) in [6, 6.07) is 6.12. The zero-order valence-corrected chi connectivity index (χ0v) is 16.4. The molecule has 1 N–H and O–H groups in total. The molecule has 8 heteroatoms. The zero-order chi connectivity index (χ0) is 20.6. The number of aliphatic hydroxyl groups is 1. The molecule has 1 aliphatic rings. The minimum absolute atomic E-state index is 0.00241. The monoisotopic (exact) mass is 400 g/mol. The van der Waals surface area contributed by atoms with Gasteiger partial charge in [-0.15, -0.1) is 0 Å². The molecule has 1 atom stereocenters.